The molecule has 1 heterocycles. The molecule has 6 fully saturated rings. The van der Waals surface area contributed by atoms with Gasteiger partial charge in [-0.1, -0.05) is 13.8 Å². The Morgan fingerprint density at radius 2 is 1.96 bits per heavy atom. The second-order valence-electron chi connectivity index (χ2n) is 11.1. The molecular weight excluding hydrogens is 342 g/mol. The Labute approximate surface area is 162 Å². The first kappa shape index (κ1) is 17.6. The number of hydrogen-bond donors (Lipinski definition) is 3. The molecule has 1 aliphatic heterocycles. The van der Waals surface area contributed by atoms with E-state index in [4.69, 9.17) is 4.74 Å². The summed E-state index contributed by atoms with van der Waals surface area (Å²) >= 11 is 0. The largest absolute Gasteiger partial charge is 0.392 e. The average Bonchev–Trinajstić information content (AvgIpc) is 3.07. The van der Waals surface area contributed by atoms with Crippen LogP contribution in [0, 0.1) is 40.4 Å². The van der Waals surface area contributed by atoms with Crippen LogP contribution >= 0.6 is 0 Å². The SMILES string of the molecule is CCN1C[C@]2(C)CC[C@H](O)[C@@]34C5C[C@@H]6[C@@H](OC)C[C@@](O)(C5[C@H]6O)[C@@H](CC23)[C@@H]14. The van der Waals surface area contributed by atoms with Crippen molar-refractivity contribution in [3.05, 3.63) is 0 Å². The minimum atomic E-state index is -0.858. The van der Waals surface area contributed by atoms with E-state index in [0.29, 0.717) is 12.3 Å². The standard InChI is InChI=1S/C22H35NO4/c1-4-23-10-20(2)6-5-16(24)22-12-7-11-14(27-3)9-21(26,17(12)18(11)25)13(19(22)23)8-15(20)22/h11-19,24-26H,4-10H2,1-3H3/t11-,12?,13+,14+,15?,16+,17?,18+,19-,20+,21+,22-/m1/s1. The van der Waals surface area contributed by atoms with Crippen LogP contribution in [-0.2, 0) is 4.74 Å². The van der Waals surface area contributed by atoms with Gasteiger partial charge in [0, 0.05) is 49.3 Å². The van der Waals surface area contributed by atoms with Crippen LogP contribution < -0.4 is 0 Å². The molecule has 152 valence electrons. The zero-order valence-corrected chi connectivity index (χ0v) is 16.8. The van der Waals surface area contributed by atoms with Gasteiger partial charge in [-0.05, 0) is 49.5 Å². The predicted octanol–water partition coefficient (Wildman–Crippen LogP) is 1.25. The number of hydrogen-bond acceptors (Lipinski definition) is 5. The molecule has 0 amide bonds. The smallest absolute Gasteiger partial charge is 0.0771 e. The third-order valence-electron chi connectivity index (χ3n) is 10.7. The number of fused-ring (bicyclic) bond motifs is 2. The molecule has 0 aromatic heterocycles. The molecule has 5 aliphatic carbocycles. The van der Waals surface area contributed by atoms with Gasteiger partial charge in [0.05, 0.1) is 23.9 Å². The second kappa shape index (κ2) is 5.10. The van der Waals surface area contributed by atoms with E-state index in [9.17, 15) is 15.3 Å². The van der Waals surface area contributed by atoms with E-state index in [0.717, 1.165) is 38.8 Å². The quantitative estimate of drug-likeness (QED) is 0.676. The lowest BCUT2D eigenvalue weighted by molar-refractivity contribution is -0.266. The maximum atomic E-state index is 12.1. The maximum Gasteiger partial charge on any atom is 0.0771 e. The summed E-state index contributed by atoms with van der Waals surface area (Å²) in [6, 6.07) is 0.253. The van der Waals surface area contributed by atoms with Crippen molar-refractivity contribution < 1.29 is 20.1 Å². The highest BCUT2D eigenvalue weighted by Gasteiger charge is 2.82. The molecule has 0 aromatic carbocycles. The van der Waals surface area contributed by atoms with Gasteiger partial charge in [0.15, 0.2) is 0 Å². The molecule has 0 radical (unpaired) electrons. The molecule has 27 heavy (non-hydrogen) atoms. The topological polar surface area (TPSA) is 73.2 Å². The summed E-state index contributed by atoms with van der Waals surface area (Å²) in [4.78, 5) is 2.60. The van der Waals surface area contributed by atoms with Gasteiger partial charge in [0.25, 0.3) is 0 Å². The van der Waals surface area contributed by atoms with Gasteiger partial charge in [0.2, 0.25) is 0 Å². The number of methoxy groups -OCH3 is 1. The van der Waals surface area contributed by atoms with Crippen molar-refractivity contribution >= 4 is 0 Å². The second-order valence-corrected chi connectivity index (χ2v) is 11.1. The van der Waals surface area contributed by atoms with Crippen molar-refractivity contribution in [1.82, 2.24) is 4.90 Å². The molecule has 3 N–H and O–H groups in total. The van der Waals surface area contributed by atoms with Gasteiger partial charge in [-0.2, -0.15) is 0 Å². The molecular formula is C22H35NO4. The van der Waals surface area contributed by atoms with Crippen LogP contribution in [-0.4, -0.2) is 70.4 Å². The summed E-state index contributed by atoms with van der Waals surface area (Å²) in [6.45, 7) is 6.74. The summed E-state index contributed by atoms with van der Waals surface area (Å²) in [5, 5.41) is 34.9. The summed E-state index contributed by atoms with van der Waals surface area (Å²) in [5.74, 6) is 0.840. The molecule has 3 unspecified atom stereocenters. The fraction of sp³-hybridized carbons (Fsp3) is 1.00. The van der Waals surface area contributed by atoms with Gasteiger partial charge in [-0.25, -0.2) is 0 Å². The third kappa shape index (κ3) is 1.66. The molecule has 5 saturated carbocycles. The lowest BCUT2D eigenvalue weighted by Gasteiger charge is -2.68. The van der Waals surface area contributed by atoms with E-state index in [-0.39, 0.29) is 52.8 Å². The Bertz CT molecular complexity index is 673. The van der Waals surface area contributed by atoms with Crippen LogP contribution in [0.3, 0.4) is 0 Å². The molecule has 7 bridgehead atoms. The molecule has 0 aromatic rings. The minimum Gasteiger partial charge on any atom is -0.392 e. The van der Waals surface area contributed by atoms with Gasteiger partial charge >= 0.3 is 0 Å². The zero-order chi connectivity index (χ0) is 18.9. The predicted molar refractivity (Wildman–Crippen MR) is 99.9 cm³/mol. The molecule has 5 heteroatoms. The molecule has 12 atom stereocenters. The van der Waals surface area contributed by atoms with Crippen molar-refractivity contribution in [2.24, 2.45) is 40.4 Å². The van der Waals surface area contributed by atoms with Crippen molar-refractivity contribution in [1.29, 1.82) is 0 Å². The molecule has 1 spiro atoms. The van der Waals surface area contributed by atoms with Crippen molar-refractivity contribution in [3.8, 4) is 0 Å². The Kier molecular flexibility index (Phi) is 3.33. The van der Waals surface area contributed by atoms with E-state index in [2.05, 4.69) is 18.7 Å². The highest BCUT2D eigenvalue weighted by atomic mass is 16.5. The van der Waals surface area contributed by atoms with Crippen LogP contribution in [0.2, 0.25) is 0 Å². The summed E-state index contributed by atoms with van der Waals surface area (Å²) in [7, 11) is 1.73. The van der Waals surface area contributed by atoms with Crippen molar-refractivity contribution in [3.63, 3.8) is 0 Å². The van der Waals surface area contributed by atoms with Crippen LogP contribution in [0.5, 0.6) is 0 Å². The highest BCUT2D eigenvalue weighted by Crippen LogP contribution is 2.78. The number of aliphatic hydroxyl groups is 3. The fourth-order valence-electron chi connectivity index (χ4n) is 10.1. The first-order valence-electron chi connectivity index (χ1n) is 11.2. The van der Waals surface area contributed by atoms with Gasteiger partial charge in [-0.3, -0.25) is 4.90 Å². The zero-order valence-electron chi connectivity index (χ0n) is 16.8. The van der Waals surface area contributed by atoms with Crippen molar-refractivity contribution in [2.45, 2.75) is 75.9 Å². The number of rotatable bonds is 2. The highest BCUT2D eigenvalue weighted by molar-refractivity contribution is 5.32. The molecule has 5 nitrogen and oxygen atoms in total. The van der Waals surface area contributed by atoms with E-state index in [1.807, 2.05) is 0 Å². The van der Waals surface area contributed by atoms with Crippen molar-refractivity contribution in [2.75, 3.05) is 20.2 Å². The Balaban J connectivity index is 1.59. The third-order valence-corrected chi connectivity index (χ3v) is 10.7. The van der Waals surface area contributed by atoms with Crippen LogP contribution in [0.4, 0.5) is 0 Å². The van der Waals surface area contributed by atoms with Crippen LogP contribution in [0.1, 0.15) is 46.0 Å². The lowest BCUT2D eigenvalue weighted by Crippen LogP contribution is -2.75. The van der Waals surface area contributed by atoms with E-state index < -0.39 is 11.7 Å². The van der Waals surface area contributed by atoms with E-state index in [1.165, 1.54) is 0 Å². The minimum absolute atomic E-state index is 0.0657. The molecule has 6 rings (SSSR count). The first-order chi connectivity index (χ1) is 12.8. The summed E-state index contributed by atoms with van der Waals surface area (Å²) in [5.41, 5.74) is -0.788. The Morgan fingerprint density at radius 1 is 1.19 bits per heavy atom. The average molecular weight is 378 g/mol. The van der Waals surface area contributed by atoms with E-state index in [1.54, 1.807) is 7.11 Å². The fourth-order valence-corrected chi connectivity index (χ4v) is 10.1. The van der Waals surface area contributed by atoms with Gasteiger partial charge in [-0.15, -0.1) is 0 Å². The summed E-state index contributed by atoms with van der Waals surface area (Å²) in [6.07, 6.45) is 3.66. The van der Waals surface area contributed by atoms with Gasteiger partial charge < -0.3 is 20.1 Å². The number of nitrogens with zero attached hydrogens (tertiary/aromatic N) is 1. The number of piperidine rings is 1. The van der Waals surface area contributed by atoms with Crippen LogP contribution in [0.15, 0.2) is 0 Å². The monoisotopic (exact) mass is 377 g/mol. The first-order valence-corrected chi connectivity index (χ1v) is 11.2. The molecule has 6 aliphatic rings. The summed E-state index contributed by atoms with van der Waals surface area (Å²) < 4.78 is 5.79. The van der Waals surface area contributed by atoms with E-state index >= 15 is 0 Å². The Morgan fingerprint density at radius 3 is 2.67 bits per heavy atom. The number of ether oxygens (including phenoxy) is 1. The van der Waals surface area contributed by atoms with Gasteiger partial charge in [0.1, 0.15) is 0 Å². The maximum absolute atomic E-state index is 12.1. The number of aliphatic hydroxyl groups excluding tert-OH is 2. The normalized spacial score (nSPS) is 66.2. The number of likely N-dealkylation sites (tertiary alicyclic amines) is 1. The van der Waals surface area contributed by atoms with Crippen LogP contribution in [0.25, 0.3) is 0 Å². The lowest BCUT2D eigenvalue weighted by atomic mass is 9.43. The molecule has 1 saturated heterocycles. The Hall–Kier alpha value is -0.200.